The van der Waals surface area contributed by atoms with Crippen LogP contribution in [-0.4, -0.2) is 62.9 Å². The molecule has 7 nitrogen and oxygen atoms in total. The zero-order valence-corrected chi connectivity index (χ0v) is 12.7. The van der Waals surface area contributed by atoms with E-state index >= 15 is 0 Å². The first kappa shape index (κ1) is 15.2. The minimum absolute atomic E-state index is 0.186. The maximum absolute atomic E-state index is 12.0. The minimum Gasteiger partial charge on any atom is -0.342 e. The van der Waals surface area contributed by atoms with Crippen LogP contribution in [0, 0.1) is 0 Å². The fraction of sp³-hybridized carbons (Fsp3) is 0.833. The number of rotatable bonds is 8. The molecule has 2 rings (SSSR count). The molecule has 8 heteroatoms. The number of hydrogen-bond acceptors (Lipinski definition) is 6. The van der Waals surface area contributed by atoms with Crippen molar-refractivity contribution < 1.29 is 4.79 Å². The van der Waals surface area contributed by atoms with Gasteiger partial charge in [-0.2, -0.15) is 0 Å². The molecule has 0 bridgehead atoms. The standard InChI is InChI=1S/C12H22N6OS/c1-2-5-13-6-9-18-12(14-15-16-18)20-10-11(19)17-7-3-4-8-17/h13H,2-10H2,1H3. The van der Waals surface area contributed by atoms with E-state index < -0.39 is 0 Å². The number of nitrogens with zero attached hydrogens (tertiary/aromatic N) is 5. The number of aromatic nitrogens is 4. The van der Waals surface area contributed by atoms with Gasteiger partial charge in [0.2, 0.25) is 11.1 Å². The third-order valence-electron chi connectivity index (χ3n) is 3.21. The summed E-state index contributed by atoms with van der Waals surface area (Å²) in [6, 6.07) is 0. The highest BCUT2D eigenvalue weighted by atomic mass is 32.2. The predicted molar refractivity (Wildman–Crippen MR) is 77.5 cm³/mol. The smallest absolute Gasteiger partial charge is 0.233 e. The molecule has 112 valence electrons. The summed E-state index contributed by atoms with van der Waals surface area (Å²) in [5.41, 5.74) is 0. The molecule has 1 aliphatic rings. The van der Waals surface area contributed by atoms with Gasteiger partial charge in [-0.25, -0.2) is 4.68 Å². The Morgan fingerprint density at radius 1 is 1.35 bits per heavy atom. The van der Waals surface area contributed by atoms with Gasteiger partial charge in [-0.1, -0.05) is 18.7 Å². The number of carbonyl (C=O) groups is 1. The summed E-state index contributed by atoms with van der Waals surface area (Å²) in [6.45, 7) is 6.49. The third-order valence-corrected chi connectivity index (χ3v) is 4.15. The molecule has 0 saturated carbocycles. The Balaban J connectivity index is 1.74. The molecule has 1 N–H and O–H groups in total. The Morgan fingerprint density at radius 2 is 2.15 bits per heavy atom. The van der Waals surface area contributed by atoms with E-state index in [2.05, 4.69) is 27.8 Å². The summed E-state index contributed by atoms with van der Waals surface area (Å²) in [4.78, 5) is 13.9. The zero-order valence-electron chi connectivity index (χ0n) is 11.9. The summed E-state index contributed by atoms with van der Waals surface area (Å²) in [5, 5.41) is 15.7. The van der Waals surface area contributed by atoms with Crippen LogP contribution in [0.1, 0.15) is 26.2 Å². The van der Waals surface area contributed by atoms with Crippen LogP contribution in [0.15, 0.2) is 5.16 Å². The van der Waals surface area contributed by atoms with E-state index in [9.17, 15) is 4.79 Å². The molecule has 0 aliphatic carbocycles. The highest BCUT2D eigenvalue weighted by Crippen LogP contribution is 2.16. The molecule has 0 spiro atoms. The monoisotopic (exact) mass is 298 g/mol. The normalized spacial score (nSPS) is 14.9. The zero-order chi connectivity index (χ0) is 14.2. The average Bonchev–Trinajstić information content (AvgIpc) is 3.12. The van der Waals surface area contributed by atoms with Crippen molar-refractivity contribution in [1.29, 1.82) is 0 Å². The number of tetrazole rings is 1. The molecule has 1 amide bonds. The number of hydrogen-bond donors (Lipinski definition) is 1. The van der Waals surface area contributed by atoms with Crippen LogP contribution in [-0.2, 0) is 11.3 Å². The van der Waals surface area contributed by atoms with Gasteiger partial charge in [0.1, 0.15) is 0 Å². The minimum atomic E-state index is 0.186. The summed E-state index contributed by atoms with van der Waals surface area (Å²) >= 11 is 1.42. The van der Waals surface area contributed by atoms with Crippen LogP contribution >= 0.6 is 11.8 Å². The lowest BCUT2D eigenvalue weighted by Gasteiger charge is -2.14. The van der Waals surface area contributed by atoms with Crippen LogP contribution in [0.5, 0.6) is 0 Å². The van der Waals surface area contributed by atoms with Crippen LogP contribution in [0.2, 0.25) is 0 Å². The molecule has 20 heavy (non-hydrogen) atoms. The van der Waals surface area contributed by atoms with E-state index in [1.54, 1.807) is 4.68 Å². The fourth-order valence-corrected chi connectivity index (χ4v) is 2.92. The van der Waals surface area contributed by atoms with E-state index in [0.717, 1.165) is 57.1 Å². The van der Waals surface area contributed by atoms with Gasteiger partial charge in [0.25, 0.3) is 0 Å². The van der Waals surface area contributed by atoms with Crippen molar-refractivity contribution in [3.05, 3.63) is 0 Å². The Hall–Kier alpha value is -1.15. The van der Waals surface area contributed by atoms with Crippen LogP contribution < -0.4 is 5.32 Å². The lowest BCUT2D eigenvalue weighted by Crippen LogP contribution is -2.29. The van der Waals surface area contributed by atoms with Crippen molar-refractivity contribution in [3.63, 3.8) is 0 Å². The van der Waals surface area contributed by atoms with E-state index in [1.165, 1.54) is 11.8 Å². The first-order valence-electron chi connectivity index (χ1n) is 7.18. The molecular formula is C12H22N6OS. The van der Waals surface area contributed by atoms with Gasteiger partial charge in [-0.05, 0) is 36.2 Å². The quantitative estimate of drug-likeness (QED) is 0.552. The summed E-state index contributed by atoms with van der Waals surface area (Å²) in [5.74, 6) is 0.606. The third kappa shape index (κ3) is 4.45. The summed E-state index contributed by atoms with van der Waals surface area (Å²) in [7, 11) is 0. The number of carbonyl (C=O) groups excluding carboxylic acids is 1. The van der Waals surface area contributed by atoms with Gasteiger partial charge < -0.3 is 10.2 Å². The number of likely N-dealkylation sites (tertiary alicyclic amines) is 1. The Kier molecular flexibility index (Phi) is 6.25. The summed E-state index contributed by atoms with van der Waals surface area (Å²) < 4.78 is 1.75. The second-order valence-corrected chi connectivity index (χ2v) is 5.75. The van der Waals surface area contributed by atoms with Gasteiger partial charge in [0.15, 0.2) is 0 Å². The molecule has 0 radical (unpaired) electrons. The molecule has 2 heterocycles. The molecule has 0 unspecified atom stereocenters. The second kappa shape index (κ2) is 8.21. The lowest BCUT2D eigenvalue weighted by atomic mass is 10.4. The van der Waals surface area contributed by atoms with Gasteiger partial charge in [0.05, 0.1) is 12.3 Å². The number of thioether (sulfide) groups is 1. The van der Waals surface area contributed by atoms with E-state index in [4.69, 9.17) is 0 Å². The van der Waals surface area contributed by atoms with Crippen molar-refractivity contribution in [3.8, 4) is 0 Å². The van der Waals surface area contributed by atoms with Crippen molar-refractivity contribution in [2.45, 2.75) is 37.9 Å². The molecule has 1 fully saturated rings. The highest BCUT2D eigenvalue weighted by Gasteiger charge is 2.19. The second-order valence-electron chi connectivity index (χ2n) is 4.81. The fourth-order valence-electron chi connectivity index (χ4n) is 2.11. The Labute approximate surface area is 123 Å². The van der Waals surface area contributed by atoms with Crippen LogP contribution in [0.4, 0.5) is 0 Å². The van der Waals surface area contributed by atoms with Crippen molar-refractivity contribution in [2.24, 2.45) is 0 Å². The molecule has 1 saturated heterocycles. The topological polar surface area (TPSA) is 75.9 Å². The number of amides is 1. The van der Waals surface area contributed by atoms with Crippen molar-refractivity contribution >= 4 is 17.7 Å². The van der Waals surface area contributed by atoms with Gasteiger partial charge in [-0.15, -0.1) is 5.10 Å². The molecule has 0 atom stereocenters. The SMILES string of the molecule is CCCNCCn1nnnc1SCC(=O)N1CCCC1. The highest BCUT2D eigenvalue weighted by molar-refractivity contribution is 7.99. The van der Waals surface area contributed by atoms with Crippen molar-refractivity contribution in [2.75, 3.05) is 31.9 Å². The number of nitrogens with one attached hydrogen (secondary N) is 1. The van der Waals surface area contributed by atoms with Gasteiger partial charge >= 0.3 is 0 Å². The van der Waals surface area contributed by atoms with E-state index in [1.807, 2.05) is 4.90 Å². The summed E-state index contributed by atoms with van der Waals surface area (Å²) in [6.07, 6.45) is 3.36. The van der Waals surface area contributed by atoms with Crippen LogP contribution in [0.25, 0.3) is 0 Å². The van der Waals surface area contributed by atoms with Crippen LogP contribution in [0.3, 0.4) is 0 Å². The molecule has 1 aromatic heterocycles. The first-order chi connectivity index (χ1) is 9.81. The van der Waals surface area contributed by atoms with E-state index in [-0.39, 0.29) is 5.91 Å². The first-order valence-corrected chi connectivity index (χ1v) is 8.17. The van der Waals surface area contributed by atoms with Gasteiger partial charge in [0, 0.05) is 19.6 Å². The Bertz CT molecular complexity index is 418. The molecular weight excluding hydrogens is 276 g/mol. The lowest BCUT2D eigenvalue weighted by molar-refractivity contribution is -0.127. The maximum Gasteiger partial charge on any atom is 0.233 e. The van der Waals surface area contributed by atoms with Gasteiger partial charge in [-0.3, -0.25) is 4.79 Å². The maximum atomic E-state index is 12.0. The largest absolute Gasteiger partial charge is 0.342 e. The molecule has 1 aliphatic heterocycles. The average molecular weight is 298 g/mol. The van der Waals surface area contributed by atoms with Crippen molar-refractivity contribution in [1.82, 2.24) is 30.4 Å². The Morgan fingerprint density at radius 3 is 2.90 bits per heavy atom. The van der Waals surface area contributed by atoms with E-state index in [0.29, 0.717) is 5.75 Å². The molecule has 1 aromatic rings. The predicted octanol–water partition coefficient (Wildman–Crippen LogP) is 0.387. The molecule has 0 aromatic carbocycles.